The van der Waals surface area contributed by atoms with Crippen molar-refractivity contribution in [3.63, 3.8) is 0 Å². The summed E-state index contributed by atoms with van der Waals surface area (Å²) in [7, 11) is -3.56. The summed E-state index contributed by atoms with van der Waals surface area (Å²) in [5.74, 6) is -0.565. The molecule has 6 nitrogen and oxygen atoms in total. The summed E-state index contributed by atoms with van der Waals surface area (Å²) in [5.41, 5.74) is 2.72. The minimum absolute atomic E-state index is 0.139. The second kappa shape index (κ2) is 9.58. The number of pyridine rings is 1. The Balaban J connectivity index is 1.61. The van der Waals surface area contributed by atoms with Crippen LogP contribution in [0.4, 0.5) is 5.13 Å². The predicted octanol–water partition coefficient (Wildman–Crippen LogP) is 4.65. The Morgan fingerprint density at radius 3 is 2.53 bits per heavy atom. The van der Waals surface area contributed by atoms with Crippen molar-refractivity contribution in [2.24, 2.45) is 0 Å². The normalized spacial score (nSPS) is 11.5. The van der Waals surface area contributed by atoms with Gasteiger partial charge in [-0.3, -0.25) is 14.7 Å². The number of sulfone groups is 1. The number of thiazole rings is 1. The molecule has 0 N–H and O–H groups in total. The first kappa shape index (κ1) is 22.1. The van der Waals surface area contributed by atoms with Gasteiger partial charge in [0.05, 0.1) is 33.1 Å². The van der Waals surface area contributed by atoms with Crippen LogP contribution in [0.2, 0.25) is 0 Å². The number of rotatable bonds is 8. The van der Waals surface area contributed by atoms with Crippen LogP contribution in [0, 0.1) is 0 Å². The van der Waals surface area contributed by atoms with Crippen LogP contribution >= 0.6 is 11.3 Å². The zero-order chi connectivity index (χ0) is 22.6. The minimum Gasteiger partial charge on any atom is -0.282 e. The SMILES string of the molecule is CCc1ccc2nc(N(Cc3ccccn3)C(=O)CCS(=O)(=O)c3ccccc3)sc2c1. The molecule has 0 bridgehead atoms. The zero-order valence-corrected chi connectivity index (χ0v) is 19.3. The summed E-state index contributed by atoms with van der Waals surface area (Å²) in [6.07, 6.45) is 2.45. The van der Waals surface area contributed by atoms with Gasteiger partial charge in [-0.25, -0.2) is 13.4 Å². The number of carbonyl (C=O) groups is 1. The number of fused-ring (bicyclic) bond motifs is 1. The van der Waals surface area contributed by atoms with Gasteiger partial charge in [0.25, 0.3) is 0 Å². The van der Waals surface area contributed by atoms with Crippen molar-refractivity contribution in [1.82, 2.24) is 9.97 Å². The van der Waals surface area contributed by atoms with E-state index in [-0.39, 0.29) is 29.5 Å². The first-order chi connectivity index (χ1) is 15.5. The standard InChI is InChI=1S/C24H23N3O3S2/c1-2-18-11-12-21-22(16-18)31-24(26-21)27(17-19-8-6-7-14-25-19)23(28)13-15-32(29,30)20-9-4-3-5-10-20/h3-12,14,16H,2,13,15,17H2,1H3. The average molecular weight is 466 g/mol. The van der Waals surface area contributed by atoms with Gasteiger partial charge >= 0.3 is 0 Å². The highest BCUT2D eigenvalue weighted by atomic mass is 32.2. The van der Waals surface area contributed by atoms with E-state index in [0.717, 1.165) is 16.6 Å². The molecule has 0 aliphatic carbocycles. The minimum atomic E-state index is -3.56. The van der Waals surface area contributed by atoms with Crippen LogP contribution in [0.5, 0.6) is 0 Å². The second-order valence-corrected chi connectivity index (χ2v) is 10.5. The summed E-state index contributed by atoms with van der Waals surface area (Å²) < 4.78 is 26.3. The van der Waals surface area contributed by atoms with E-state index in [1.54, 1.807) is 41.4 Å². The number of carbonyl (C=O) groups excluding carboxylic acids is 1. The molecule has 2 aromatic heterocycles. The molecule has 0 unspecified atom stereocenters. The smallest absolute Gasteiger partial charge is 0.230 e. The van der Waals surface area contributed by atoms with Crippen molar-refractivity contribution in [2.75, 3.05) is 10.7 Å². The van der Waals surface area contributed by atoms with Crippen LogP contribution < -0.4 is 4.90 Å². The van der Waals surface area contributed by atoms with E-state index in [1.807, 2.05) is 30.3 Å². The molecule has 164 valence electrons. The van der Waals surface area contributed by atoms with Gasteiger partial charge in [-0.2, -0.15) is 0 Å². The summed E-state index contributed by atoms with van der Waals surface area (Å²) in [4.78, 5) is 24.0. The Morgan fingerprint density at radius 1 is 1.03 bits per heavy atom. The number of amides is 1. The summed E-state index contributed by atoms with van der Waals surface area (Å²) in [5, 5.41) is 0.543. The van der Waals surface area contributed by atoms with Crippen molar-refractivity contribution >= 4 is 42.4 Å². The third-order valence-corrected chi connectivity index (χ3v) is 7.89. The summed E-state index contributed by atoms with van der Waals surface area (Å²) in [6, 6.07) is 19.8. The molecule has 0 atom stereocenters. The van der Waals surface area contributed by atoms with E-state index in [9.17, 15) is 13.2 Å². The van der Waals surface area contributed by atoms with Gasteiger partial charge in [-0.1, -0.05) is 48.6 Å². The number of nitrogens with zero attached hydrogens (tertiary/aromatic N) is 3. The Hall–Kier alpha value is -3.10. The van der Waals surface area contributed by atoms with E-state index < -0.39 is 9.84 Å². The number of aromatic nitrogens is 2. The molecule has 8 heteroatoms. The number of anilines is 1. The lowest BCUT2D eigenvalue weighted by Crippen LogP contribution is -2.32. The third-order valence-electron chi connectivity index (χ3n) is 5.12. The Kier molecular flexibility index (Phi) is 6.62. The fourth-order valence-electron chi connectivity index (χ4n) is 3.31. The fourth-order valence-corrected chi connectivity index (χ4v) is 5.61. The van der Waals surface area contributed by atoms with Gasteiger partial charge < -0.3 is 0 Å². The molecule has 0 aliphatic heterocycles. The highest BCUT2D eigenvalue weighted by molar-refractivity contribution is 7.91. The van der Waals surface area contributed by atoms with E-state index >= 15 is 0 Å². The van der Waals surface area contributed by atoms with Crippen LogP contribution in [0.3, 0.4) is 0 Å². The quantitative estimate of drug-likeness (QED) is 0.378. The van der Waals surface area contributed by atoms with Gasteiger partial charge in [0.1, 0.15) is 0 Å². The van der Waals surface area contributed by atoms with Crippen LogP contribution in [0.1, 0.15) is 24.6 Å². The lowest BCUT2D eigenvalue weighted by molar-refractivity contribution is -0.118. The monoisotopic (exact) mass is 465 g/mol. The largest absolute Gasteiger partial charge is 0.282 e. The van der Waals surface area contributed by atoms with Crippen LogP contribution in [0.15, 0.2) is 77.8 Å². The van der Waals surface area contributed by atoms with Gasteiger partial charge in [-0.15, -0.1) is 0 Å². The first-order valence-corrected chi connectivity index (χ1v) is 12.8. The number of aryl methyl sites for hydroxylation is 1. The lowest BCUT2D eigenvalue weighted by Gasteiger charge is -2.19. The van der Waals surface area contributed by atoms with Crippen LogP contribution in [-0.2, 0) is 27.6 Å². The first-order valence-electron chi connectivity index (χ1n) is 10.3. The average Bonchev–Trinajstić information content (AvgIpc) is 3.25. The van der Waals surface area contributed by atoms with Gasteiger partial charge in [-0.05, 0) is 48.4 Å². The molecule has 0 saturated carbocycles. The molecule has 0 saturated heterocycles. The van der Waals surface area contributed by atoms with E-state index in [0.29, 0.717) is 10.8 Å². The molecule has 0 aliphatic rings. The Morgan fingerprint density at radius 2 is 1.81 bits per heavy atom. The molecule has 0 radical (unpaired) electrons. The van der Waals surface area contributed by atoms with Gasteiger partial charge in [0.2, 0.25) is 5.91 Å². The molecule has 2 aromatic carbocycles. The van der Waals surface area contributed by atoms with Crippen molar-refractivity contribution in [3.8, 4) is 0 Å². The molecule has 32 heavy (non-hydrogen) atoms. The van der Waals surface area contributed by atoms with E-state index in [2.05, 4.69) is 23.0 Å². The lowest BCUT2D eigenvalue weighted by atomic mass is 10.2. The number of hydrogen-bond donors (Lipinski definition) is 0. The molecule has 4 rings (SSSR count). The van der Waals surface area contributed by atoms with Crippen molar-refractivity contribution in [1.29, 1.82) is 0 Å². The molecule has 0 fully saturated rings. The highest BCUT2D eigenvalue weighted by Crippen LogP contribution is 2.31. The van der Waals surface area contributed by atoms with Crippen LogP contribution in [-0.4, -0.2) is 30.0 Å². The van der Waals surface area contributed by atoms with Crippen molar-refractivity contribution in [3.05, 3.63) is 84.2 Å². The molecule has 0 spiro atoms. The van der Waals surface area contributed by atoms with Crippen molar-refractivity contribution in [2.45, 2.75) is 31.2 Å². The van der Waals surface area contributed by atoms with Crippen molar-refractivity contribution < 1.29 is 13.2 Å². The Labute approximate surface area is 191 Å². The maximum atomic E-state index is 13.2. The second-order valence-electron chi connectivity index (χ2n) is 7.33. The maximum Gasteiger partial charge on any atom is 0.230 e. The predicted molar refractivity (Wildman–Crippen MR) is 128 cm³/mol. The Bertz CT molecular complexity index is 1320. The summed E-state index contributed by atoms with van der Waals surface area (Å²) >= 11 is 1.43. The third kappa shape index (κ3) is 5.03. The maximum absolute atomic E-state index is 13.2. The molecular formula is C24H23N3O3S2. The topological polar surface area (TPSA) is 80.2 Å². The summed E-state index contributed by atoms with van der Waals surface area (Å²) in [6.45, 7) is 2.32. The molecule has 2 heterocycles. The molecule has 4 aromatic rings. The fraction of sp³-hybridized carbons (Fsp3) is 0.208. The van der Waals surface area contributed by atoms with E-state index in [4.69, 9.17) is 0 Å². The zero-order valence-electron chi connectivity index (χ0n) is 17.6. The molecule has 1 amide bonds. The molecular weight excluding hydrogens is 442 g/mol. The van der Waals surface area contributed by atoms with E-state index in [1.165, 1.54) is 16.9 Å². The highest BCUT2D eigenvalue weighted by Gasteiger charge is 2.24. The number of hydrogen-bond acceptors (Lipinski definition) is 6. The van der Waals surface area contributed by atoms with Gasteiger partial charge in [0, 0.05) is 12.6 Å². The van der Waals surface area contributed by atoms with Crippen LogP contribution in [0.25, 0.3) is 10.2 Å². The van der Waals surface area contributed by atoms with Gasteiger partial charge in [0.15, 0.2) is 15.0 Å². The number of benzene rings is 2.